The van der Waals surface area contributed by atoms with Crippen molar-refractivity contribution in [3.8, 4) is 17.6 Å². The molecule has 6 atom stereocenters. The number of hydrogen-bond acceptors (Lipinski definition) is 13. The van der Waals surface area contributed by atoms with Crippen molar-refractivity contribution in [1.29, 1.82) is 0 Å². The number of aliphatic hydroxyl groups is 1. The number of hydrogen-bond donors (Lipinski definition) is 2. The predicted molar refractivity (Wildman–Crippen MR) is 248 cm³/mol. The Morgan fingerprint density at radius 3 is 2.28 bits per heavy atom. The fourth-order valence-corrected chi connectivity index (χ4v) is 10.1. The van der Waals surface area contributed by atoms with Crippen LogP contribution in [0.2, 0.25) is 0 Å². The molecule has 69 heavy (non-hydrogen) atoms. The number of benzene rings is 6. The molecule has 10 rings (SSSR count). The van der Waals surface area contributed by atoms with E-state index in [0.29, 0.717) is 33.3 Å². The Hall–Kier alpha value is -8.72. The fourth-order valence-electron chi connectivity index (χ4n) is 10.1. The molecule has 17 heteroatoms. The molecule has 2 saturated heterocycles. The first-order valence-electron chi connectivity index (χ1n) is 22.0. The summed E-state index contributed by atoms with van der Waals surface area (Å²) in [5, 5.41) is 29.8. The topological polar surface area (TPSA) is 223 Å². The highest BCUT2D eigenvalue weighted by molar-refractivity contribution is 6.23. The van der Waals surface area contributed by atoms with Gasteiger partial charge in [-0.25, -0.2) is 14.4 Å². The Morgan fingerprint density at radius 2 is 1.55 bits per heavy atom. The summed E-state index contributed by atoms with van der Waals surface area (Å²) in [6.45, 7) is -0.771. The summed E-state index contributed by atoms with van der Waals surface area (Å²) in [5.41, 5.74) is 8.20. The third kappa shape index (κ3) is 7.57. The van der Waals surface area contributed by atoms with E-state index in [2.05, 4.69) is 22.2 Å². The summed E-state index contributed by atoms with van der Waals surface area (Å²) >= 11 is 0. The monoisotopic (exact) mass is 923 g/mol. The number of amides is 3. The Balaban J connectivity index is 1.20. The fraction of sp³-hybridized carbons (Fsp3) is 0.192. The number of aromatic nitrogens is 3. The zero-order valence-corrected chi connectivity index (χ0v) is 36.5. The Kier molecular flexibility index (Phi) is 11.6. The standard InChI is InChI=1S/C52H41N7O10/c53-48(61)43-45-49(62)69-46(35-15-5-2-6-16-35)44(34-13-3-1-4-14-34)58(45)47(37-17-7-10-20-42(37)67-29-28-60)52(43)38-30-32(12-11-27-56-41-19-9-8-18-39(41)54-55-56)23-26-40(38)57(50(52)63)51(64)68-31-33-21-24-36(25-22-33)59(65)66/h1-10,13-26,30,43-47,60H,27-29,31H2,(H2,53,61)/t43-,44-,45-,46+,47+,52-/m1/s1. The van der Waals surface area contributed by atoms with Gasteiger partial charge in [-0.3, -0.25) is 29.4 Å². The molecule has 4 heterocycles. The molecule has 0 bridgehead atoms. The van der Waals surface area contributed by atoms with Gasteiger partial charge in [0.2, 0.25) is 11.8 Å². The minimum absolute atomic E-state index is 0.0376. The second-order valence-electron chi connectivity index (χ2n) is 16.7. The molecule has 0 aliphatic carbocycles. The maximum Gasteiger partial charge on any atom is 0.421 e. The number of fused-ring (bicyclic) bond motifs is 4. The number of para-hydroxylation sites is 2. The summed E-state index contributed by atoms with van der Waals surface area (Å²) in [7, 11) is 0. The van der Waals surface area contributed by atoms with Crippen molar-refractivity contribution in [1.82, 2.24) is 19.9 Å². The van der Waals surface area contributed by atoms with Gasteiger partial charge in [0.05, 0.1) is 40.7 Å². The average molecular weight is 924 g/mol. The van der Waals surface area contributed by atoms with E-state index in [1.54, 1.807) is 46.0 Å². The first kappa shape index (κ1) is 44.1. The van der Waals surface area contributed by atoms with Gasteiger partial charge in [0, 0.05) is 23.3 Å². The molecule has 3 aliphatic heterocycles. The van der Waals surface area contributed by atoms with E-state index >= 15 is 9.59 Å². The second-order valence-corrected chi connectivity index (χ2v) is 16.7. The number of ether oxygens (including phenoxy) is 3. The zero-order chi connectivity index (χ0) is 47.8. The number of esters is 1. The number of nitrogens with two attached hydrogens (primary N) is 1. The van der Waals surface area contributed by atoms with E-state index in [4.69, 9.17) is 19.9 Å². The number of primary amides is 1. The minimum atomic E-state index is -2.20. The lowest BCUT2D eigenvalue weighted by Crippen LogP contribution is -2.55. The molecule has 17 nitrogen and oxygen atoms in total. The van der Waals surface area contributed by atoms with E-state index in [0.717, 1.165) is 10.4 Å². The predicted octanol–water partition coefficient (Wildman–Crippen LogP) is 6.25. The summed E-state index contributed by atoms with van der Waals surface area (Å²) in [4.78, 5) is 74.1. The van der Waals surface area contributed by atoms with Crippen LogP contribution in [0.5, 0.6) is 5.75 Å². The number of carbonyl (C=O) groups is 4. The van der Waals surface area contributed by atoms with Crippen LogP contribution in [0.25, 0.3) is 11.0 Å². The van der Waals surface area contributed by atoms with Crippen molar-refractivity contribution in [3.05, 3.63) is 195 Å². The van der Waals surface area contributed by atoms with E-state index in [-0.39, 0.29) is 49.1 Å². The number of nitro groups is 1. The number of aliphatic hydroxyl groups excluding tert-OH is 1. The summed E-state index contributed by atoms with van der Waals surface area (Å²) in [6.07, 6.45) is -2.12. The van der Waals surface area contributed by atoms with Crippen molar-refractivity contribution in [3.63, 3.8) is 0 Å². The van der Waals surface area contributed by atoms with Gasteiger partial charge in [-0.15, -0.1) is 5.10 Å². The molecular weight excluding hydrogens is 883 g/mol. The largest absolute Gasteiger partial charge is 0.491 e. The lowest BCUT2D eigenvalue weighted by Gasteiger charge is -2.46. The van der Waals surface area contributed by atoms with E-state index < -0.39 is 64.4 Å². The van der Waals surface area contributed by atoms with E-state index in [1.165, 1.54) is 30.3 Å². The van der Waals surface area contributed by atoms with Crippen LogP contribution >= 0.6 is 0 Å². The molecule has 2 fully saturated rings. The lowest BCUT2D eigenvalue weighted by molar-refractivity contribution is -0.384. The van der Waals surface area contributed by atoms with Crippen molar-refractivity contribution < 1.29 is 43.4 Å². The first-order valence-corrected chi connectivity index (χ1v) is 22.0. The number of rotatable bonds is 11. The van der Waals surface area contributed by atoms with Gasteiger partial charge < -0.3 is 25.1 Å². The normalized spacial score (nSPS) is 21.5. The quantitative estimate of drug-likeness (QED) is 0.0635. The van der Waals surface area contributed by atoms with Crippen molar-refractivity contribution in [2.75, 3.05) is 18.1 Å². The highest BCUT2D eigenvalue weighted by Gasteiger charge is 2.76. The summed E-state index contributed by atoms with van der Waals surface area (Å²) in [5.74, 6) is 2.04. The molecule has 0 saturated carbocycles. The highest BCUT2D eigenvalue weighted by atomic mass is 16.6. The third-order valence-electron chi connectivity index (χ3n) is 12.9. The SMILES string of the molecule is NC(=O)[C@H]1[C@@H]2C(=O)O[C@@H](c3ccccc3)[C@@H](c3ccccc3)N2[C@@H](c2ccccc2OCCO)[C@]12C(=O)N(C(=O)OCc1ccc([N+](=O)[O-])cc1)c1ccc(C#CCn3nnc4ccccc43)cc12. The number of anilines is 1. The minimum Gasteiger partial charge on any atom is -0.491 e. The number of carbonyl (C=O) groups excluding carboxylic acids is 4. The van der Waals surface area contributed by atoms with Crippen LogP contribution in [0.15, 0.2) is 152 Å². The molecule has 0 radical (unpaired) electrons. The Bertz CT molecular complexity index is 3210. The highest BCUT2D eigenvalue weighted by Crippen LogP contribution is 2.66. The first-order chi connectivity index (χ1) is 33.6. The lowest BCUT2D eigenvalue weighted by atomic mass is 9.65. The maximum absolute atomic E-state index is 16.3. The molecule has 3 aliphatic rings. The van der Waals surface area contributed by atoms with Crippen molar-refractivity contribution in [2.24, 2.45) is 11.7 Å². The van der Waals surface area contributed by atoms with Crippen LogP contribution in [0.3, 0.4) is 0 Å². The summed E-state index contributed by atoms with van der Waals surface area (Å²) in [6, 6.07) is 39.0. The maximum atomic E-state index is 16.3. The van der Waals surface area contributed by atoms with E-state index in [9.17, 15) is 24.8 Å². The summed E-state index contributed by atoms with van der Waals surface area (Å²) < 4.78 is 20.1. The average Bonchev–Trinajstić information content (AvgIpc) is 4.01. The second kappa shape index (κ2) is 18.2. The zero-order valence-electron chi connectivity index (χ0n) is 36.5. The van der Waals surface area contributed by atoms with Gasteiger partial charge >= 0.3 is 12.1 Å². The van der Waals surface area contributed by atoms with Gasteiger partial charge in [0.25, 0.3) is 5.69 Å². The molecule has 6 aromatic carbocycles. The molecule has 0 unspecified atom stereocenters. The molecular formula is C52H41N7O10. The number of morpholine rings is 1. The number of nitrogens with zero attached hydrogens (tertiary/aromatic N) is 6. The van der Waals surface area contributed by atoms with Gasteiger partial charge in [-0.1, -0.05) is 108 Å². The van der Waals surface area contributed by atoms with Gasteiger partial charge in [0.15, 0.2) is 0 Å². The number of non-ortho nitro benzene ring substituents is 1. The molecule has 1 spiro atoms. The van der Waals surface area contributed by atoms with E-state index in [1.807, 2.05) is 84.9 Å². The molecule has 7 aromatic rings. The smallest absolute Gasteiger partial charge is 0.421 e. The van der Waals surface area contributed by atoms with Crippen LogP contribution in [-0.4, -0.2) is 73.1 Å². The molecule has 1 aromatic heterocycles. The third-order valence-corrected chi connectivity index (χ3v) is 12.9. The number of cyclic esters (lactones) is 1. The van der Waals surface area contributed by atoms with Crippen molar-refractivity contribution in [2.45, 2.75) is 42.8 Å². The van der Waals surface area contributed by atoms with Crippen LogP contribution < -0.4 is 15.4 Å². The number of nitro benzene ring substituents is 1. The Morgan fingerprint density at radius 1 is 0.855 bits per heavy atom. The van der Waals surface area contributed by atoms with Gasteiger partial charge in [0.1, 0.15) is 48.6 Å². The molecule has 3 amide bonds. The van der Waals surface area contributed by atoms with Crippen LogP contribution in [-0.2, 0) is 42.4 Å². The van der Waals surface area contributed by atoms with Crippen LogP contribution in [0, 0.1) is 27.9 Å². The Labute approximate surface area is 393 Å². The van der Waals surface area contributed by atoms with Crippen LogP contribution in [0.1, 0.15) is 51.6 Å². The van der Waals surface area contributed by atoms with Gasteiger partial charge in [-0.2, -0.15) is 0 Å². The van der Waals surface area contributed by atoms with Gasteiger partial charge in [-0.05, 0) is 70.8 Å². The van der Waals surface area contributed by atoms with Crippen molar-refractivity contribution >= 4 is 46.3 Å². The van der Waals surface area contributed by atoms with Crippen LogP contribution in [0.4, 0.5) is 16.2 Å². The molecule has 344 valence electrons. The molecule has 3 N–H and O–H groups in total. The number of imide groups is 1.